The van der Waals surface area contributed by atoms with E-state index in [0.29, 0.717) is 6.42 Å². The normalized spacial score (nSPS) is 12.2. The number of hydrogen-bond acceptors (Lipinski definition) is 2. The zero-order valence-electron chi connectivity index (χ0n) is 11.8. The van der Waals surface area contributed by atoms with E-state index in [4.69, 9.17) is 0 Å². The van der Waals surface area contributed by atoms with E-state index in [0.717, 1.165) is 23.5 Å². The van der Waals surface area contributed by atoms with E-state index in [1.54, 1.807) is 0 Å². The minimum atomic E-state index is -1.00. The van der Waals surface area contributed by atoms with Crippen molar-refractivity contribution in [1.29, 1.82) is 0 Å². The average molecular weight is 286 g/mol. The van der Waals surface area contributed by atoms with Crippen LogP contribution < -0.4 is 10.9 Å². The van der Waals surface area contributed by atoms with Gasteiger partial charge in [0.2, 0.25) is 5.91 Å². The fourth-order valence-electron chi connectivity index (χ4n) is 2.04. The molecule has 1 amide bonds. The van der Waals surface area contributed by atoms with Crippen molar-refractivity contribution in [2.45, 2.75) is 39.7 Å². The number of nitrogens with one attached hydrogen (secondary N) is 1. The molecule has 1 N–H and O–H groups in total. The molecular formula is C14H20F2N2O2. The van der Waals surface area contributed by atoms with E-state index in [2.05, 4.69) is 5.32 Å². The number of alkyl halides is 1. The second kappa shape index (κ2) is 7.77. The van der Waals surface area contributed by atoms with Crippen molar-refractivity contribution < 1.29 is 13.6 Å². The Morgan fingerprint density at radius 1 is 1.45 bits per heavy atom. The molecule has 0 spiro atoms. The number of aromatic nitrogens is 1. The molecule has 0 fully saturated rings. The molecule has 4 nitrogen and oxygen atoms in total. The highest BCUT2D eigenvalue weighted by atomic mass is 19.1. The lowest BCUT2D eigenvalue weighted by molar-refractivity contribution is -0.120. The monoisotopic (exact) mass is 286 g/mol. The maximum Gasteiger partial charge on any atom is 0.286 e. The molecule has 1 heterocycles. The fourth-order valence-corrected chi connectivity index (χ4v) is 2.04. The SMILES string of the molecule is CCCC(CC)C(=O)Nc1cc(F)c(=O)n(CCF)c1. The van der Waals surface area contributed by atoms with Crippen LogP contribution in [0.3, 0.4) is 0 Å². The Bertz CT molecular complexity index is 514. The van der Waals surface area contributed by atoms with Crippen molar-refractivity contribution in [3.63, 3.8) is 0 Å². The minimum Gasteiger partial charge on any atom is -0.324 e. The third-order valence-electron chi connectivity index (χ3n) is 3.14. The second-order valence-electron chi connectivity index (χ2n) is 4.65. The molecule has 0 aliphatic heterocycles. The molecule has 1 rings (SSSR count). The zero-order chi connectivity index (χ0) is 15.1. The number of carbonyl (C=O) groups excluding carboxylic acids is 1. The maximum absolute atomic E-state index is 13.4. The molecular weight excluding hydrogens is 266 g/mol. The molecule has 1 unspecified atom stereocenters. The Balaban J connectivity index is 2.92. The van der Waals surface area contributed by atoms with Crippen molar-refractivity contribution in [3.05, 3.63) is 28.4 Å². The molecule has 1 aromatic heterocycles. The first-order chi connectivity index (χ1) is 9.53. The Hall–Kier alpha value is -1.72. The van der Waals surface area contributed by atoms with Crippen LogP contribution in [-0.2, 0) is 11.3 Å². The number of halogens is 2. The van der Waals surface area contributed by atoms with E-state index >= 15 is 0 Å². The number of aryl methyl sites for hydroxylation is 1. The van der Waals surface area contributed by atoms with Gasteiger partial charge in [-0.25, -0.2) is 8.78 Å². The molecule has 1 aromatic rings. The Kier molecular flexibility index (Phi) is 6.35. The van der Waals surface area contributed by atoms with Crippen molar-refractivity contribution in [3.8, 4) is 0 Å². The highest BCUT2D eigenvalue weighted by molar-refractivity contribution is 5.92. The lowest BCUT2D eigenvalue weighted by atomic mass is 10.00. The summed E-state index contributed by atoms with van der Waals surface area (Å²) < 4.78 is 26.7. The second-order valence-corrected chi connectivity index (χ2v) is 4.65. The van der Waals surface area contributed by atoms with Gasteiger partial charge in [0, 0.05) is 18.2 Å². The van der Waals surface area contributed by atoms with Crippen molar-refractivity contribution in [2.75, 3.05) is 12.0 Å². The van der Waals surface area contributed by atoms with Crippen LogP contribution in [0.5, 0.6) is 0 Å². The van der Waals surface area contributed by atoms with E-state index in [1.165, 1.54) is 6.20 Å². The molecule has 1 atom stereocenters. The van der Waals surface area contributed by atoms with E-state index in [-0.39, 0.29) is 24.1 Å². The van der Waals surface area contributed by atoms with Gasteiger partial charge >= 0.3 is 0 Å². The Morgan fingerprint density at radius 3 is 2.70 bits per heavy atom. The van der Waals surface area contributed by atoms with Crippen LogP contribution in [0, 0.1) is 11.7 Å². The summed E-state index contributed by atoms with van der Waals surface area (Å²) in [5.41, 5.74) is -0.712. The van der Waals surface area contributed by atoms with Gasteiger partial charge in [0.1, 0.15) is 6.67 Å². The maximum atomic E-state index is 13.4. The van der Waals surface area contributed by atoms with Crippen molar-refractivity contribution in [1.82, 2.24) is 4.57 Å². The van der Waals surface area contributed by atoms with Crippen LogP contribution in [0.15, 0.2) is 17.1 Å². The van der Waals surface area contributed by atoms with Gasteiger partial charge in [-0.3, -0.25) is 9.59 Å². The summed E-state index contributed by atoms with van der Waals surface area (Å²) in [5, 5.41) is 2.58. The third-order valence-corrected chi connectivity index (χ3v) is 3.14. The number of rotatable bonds is 7. The quantitative estimate of drug-likeness (QED) is 0.838. The first-order valence-electron chi connectivity index (χ1n) is 6.80. The summed E-state index contributed by atoms with van der Waals surface area (Å²) >= 11 is 0. The lowest BCUT2D eigenvalue weighted by Crippen LogP contribution is -2.27. The molecule has 0 saturated carbocycles. The van der Waals surface area contributed by atoms with Gasteiger partial charge in [-0.05, 0) is 12.8 Å². The van der Waals surface area contributed by atoms with Crippen LogP contribution >= 0.6 is 0 Å². The van der Waals surface area contributed by atoms with Crippen molar-refractivity contribution >= 4 is 11.6 Å². The molecule has 0 aromatic carbocycles. The highest BCUT2D eigenvalue weighted by Gasteiger charge is 2.16. The van der Waals surface area contributed by atoms with Crippen LogP contribution in [-0.4, -0.2) is 17.1 Å². The summed E-state index contributed by atoms with van der Waals surface area (Å²) in [7, 11) is 0. The first kappa shape index (κ1) is 16.3. The zero-order valence-corrected chi connectivity index (χ0v) is 11.8. The standard InChI is InChI=1S/C14H20F2N2O2/c1-3-5-10(4-2)13(19)17-11-8-12(16)14(20)18(9-11)7-6-15/h8-10H,3-7H2,1-2H3,(H,17,19). The van der Waals surface area contributed by atoms with Crippen LogP contribution in [0.2, 0.25) is 0 Å². The van der Waals surface area contributed by atoms with E-state index < -0.39 is 18.1 Å². The third kappa shape index (κ3) is 4.15. The molecule has 6 heteroatoms. The van der Waals surface area contributed by atoms with E-state index in [9.17, 15) is 18.4 Å². The number of nitrogens with zero attached hydrogens (tertiary/aromatic N) is 1. The molecule has 0 saturated heterocycles. The first-order valence-corrected chi connectivity index (χ1v) is 6.80. The number of carbonyl (C=O) groups is 1. The van der Waals surface area contributed by atoms with Crippen LogP contribution in [0.1, 0.15) is 33.1 Å². The predicted octanol–water partition coefficient (Wildman–Crippen LogP) is 2.72. The number of amides is 1. The van der Waals surface area contributed by atoms with Gasteiger partial charge in [-0.1, -0.05) is 20.3 Å². The topological polar surface area (TPSA) is 51.1 Å². The summed E-state index contributed by atoms with van der Waals surface area (Å²) in [5.74, 6) is -1.36. The fraction of sp³-hybridized carbons (Fsp3) is 0.571. The molecule has 0 radical (unpaired) electrons. The predicted molar refractivity (Wildman–Crippen MR) is 74.0 cm³/mol. The van der Waals surface area contributed by atoms with Gasteiger partial charge in [-0.2, -0.15) is 0 Å². The molecule has 0 aliphatic rings. The number of pyridine rings is 1. The smallest absolute Gasteiger partial charge is 0.286 e. The summed E-state index contributed by atoms with van der Waals surface area (Å²) in [4.78, 5) is 23.4. The van der Waals surface area contributed by atoms with Gasteiger partial charge in [0.15, 0.2) is 5.82 Å². The highest BCUT2D eigenvalue weighted by Crippen LogP contribution is 2.15. The summed E-state index contributed by atoms with van der Waals surface area (Å²) in [6.45, 7) is 2.89. The Morgan fingerprint density at radius 2 is 2.15 bits per heavy atom. The van der Waals surface area contributed by atoms with Crippen LogP contribution in [0.25, 0.3) is 0 Å². The van der Waals surface area contributed by atoms with Gasteiger partial charge < -0.3 is 9.88 Å². The summed E-state index contributed by atoms with van der Waals surface area (Å²) in [6.07, 6.45) is 3.57. The van der Waals surface area contributed by atoms with Gasteiger partial charge in [-0.15, -0.1) is 0 Å². The van der Waals surface area contributed by atoms with Crippen LogP contribution in [0.4, 0.5) is 14.5 Å². The van der Waals surface area contributed by atoms with E-state index in [1.807, 2.05) is 13.8 Å². The van der Waals surface area contributed by atoms with Gasteiger partial charge in [0.25, 0.3) is 5.56 Å². The summed E-state index contributed by atoms with van der Waals surface area (Å²) in [6, 6.07) is 0.966. The largest absolute Gasteiger partial charge is 0.324 e. The average Bonchev–Trinajstić information content (AvgIpc) is 2.41. The molecule has 112 valence electrons. The van der Waals surface area contributed by atoms with Crippen molar-refractivity contribution in [2.24, 2.45) is 5.92 Å². The van der Waals surface area contributed by atoms with Gasteiger partial charge in [0.05, 0.1) is 12.2 Å². The molecule has 0 bridgehead atoms. The lowest BCUT2D eigenvalue weighted by Gasteiger charge is -2.15. The number of anilines is 1. The Labute approximate surface area is 116 Å². The molecule has 0 aliphatic carbocycles. The number of hydrogen-bond donors (Lipinski definition) is 1. The minimum absolute atomic E-state index is 0.149. The molecule has 20 heavy (non-hydrogen) atoms.